The Labute approximate surface area is 130 Å². The van der Waals surface area contributed by atoms with Gasteiger partial charge in [0.2, 0.25) is 5.91 Å². The van der Waals surface area contributed by atoms with Crippen molar-refractivity contribution in [3.05, 3.63) is 65.7 Å². The number of thioether (sulfide) groups is 1. The van der Waals surface area contributed by atoms with Crippen LogP contribution in [-0.2, 0) is 11.2 Å². The summed E-state index contributed by atoms with van der Waals surface area (Å²) in [6, 6.07) is 18.6. The summed E-state index contributed by atoms with van der Waals surface area (Å²) in [6.45, 7) is 2.98. The molecule has 3 heteroatoms. The lowest BCUT2D eigenvalue weighted by Gasteiger charge is -2.18. The standard InChI is InChI=1S/C18H19NOS/c1-14(15-7-3-2-4-8-15)21-13-18(20)19-12-11-16-9-5-6-10-17(16)19/h2-10,14H,11-13H2,1H3. The molecule has 1 heterocycles. The van der Waals surface area contributed by atoms with E-state index in [9.17, 15) is 4.79 Å². The van der Waals surface area contributed by atoms with Crippen molar-refractivity contribution in [1.82, 2.24) is 0 Å². The lowest BCUT2D eigenvalue weighted by molar-refractivity contribution is -0.116. The Morgan fingerprint density at radius 3 is 2.67 bits per heavy atom. The van der Waals surface area contributed by atoms with E-state index in [0.717, 1.165) is 18.7 Å². The number of carbonyl (C=O) groups is 1. The van der Waals surface area contributed by atoms with Crippen molar-refractivity contribution in [3.63, 3.8) is 0 Å². The highest BCUT2D eigenvalue weighted by Gasteiger charge is 2.24. The minimum absolute atomic E-state index is 0.215. The minimum Gasteiger partial charge on any atom is -0.311 e. The van der Waals surface area contributed by atoms with Crippen molar-refractivity contribution in [2.24, 2.45) is 0 Å². The Balaban J connectivity index is 1.61. The minimum atomic E-state index is 0.215. The van der Waals surface area contributed by atoms with Crippen LogP contribution in [0, 0.1) is 0 Å². The molecule has 0 radical (unpaired) electrons. The summed E-state index contributed by atoms with van der Waals surface area (Å²) >= 11 is 1.71. The molecule has 0 bridgehead atoms. The van der Waals surface area contributed by atoms with Gasteiger partial charge in [0, 0.05) is 17.5 Å². The molecular weight excluding hydrogens is 278 g/mol. The third-order valence-electron chi connectivity index (χ3n) is 3.91. The summed E-state index contributed by atoms with van der Waals surface area (Å²) in [5.41, 5.74) is 3.65. The summed E-state index contributed by atoms with van der Waals surface area (Å²) < 4.78 is 0. The van der Waals surface area contributed by atoms with Crippen LogP contribution < -0.4 is 4.90 Å². The number of fused-ring (bicyclic) bond motifs is 1. The van der Waals surface area contributed by atoms with Gasteiger partial charge in [0.1, 0.15) is 0 Å². The van der Waals surface area contributed by atoms with E-state index in [1.807, 2.05) is 41.3 Å². The fourth-order valence-corrected chi connectivity index (χ4v) is 3.59. The predicted octanol–water partition coefficient (Wildman–Crippen LogP) is 4.07. The van der Waals surface area contributed by atoms with Crippen LogP contribution in [0.25, 0.3) is 0 Å². The van der Waals surface area contributed by atoms with E-state index in [1.54, 1.807) is 11.8 Å². The zero-order chi connectivity index (χ0) is 14.7. The second kappa shape index (κ2) is 6.35. The van der Waals surface area contributed by atoms with Crippen LogP contribution >= 0.6 is 11.8 Å². The molecule has 21 heavy (non-hydrogen) atoms. The van der Waals surface area contributed by atoms with E-state index in [-0.39, 0.29) is 5.91 Å². The first-order chi connectivity index (χ1) is 10.3. The molecule has 1 aliphatic heterocycles. The average molecular weight is 297 g/mol. The van der Waals surface area contributed by atoms with E-state index >= 15 is 0 Å². The summed E-state index contributed by atoms with van der Waals surface area (Å²) in [6.07, 6.45) is 0.973. The van der Waals surface area contributed by atoms with Gasteiger partial charge in [-0.2, -0.15) is 0 Å². The Morgan fingerprint density at radius 2 is 1.86 bits per heavy atom. The maximum atomic E-state index is 12.4. The molecule has 0 N–H and O–H groups in total. The number of hydrogen-bond donors (Lipinski definition) is 0. The van der Waals surface area contributed by atoms with Gasteiger partial charge in [-0.3, -0.25) is 4.79 Å². The van der Waals surface area contributed by atoms with Crippen molar-refractivity contribution >= 4 is 23.4 Å². The van der Waals surface area contributed by atoms with Crippen LogP contribution in [0.5, 0.6) is 0 Å². The largest absolute Gasteiger partial charge is 0.311 e. The smallest absolute Gasteiger partial charge is 0.237 e. The van der Waals surface area contributed by atoms with Gasteiger partial charge in [0.25, 0.3) is 0 Å². The van der Waals surface area contributed by atoms with Crippen molar-refractivity contribution in [2.45, 2.75) is 18.6 Å². The zero-order valence-electron chi connectivity index (χ0n) is 12.2. The Kier molecular flexibility index (Phi) is 4.30. The van der Waals surface area contributed by atoms with Gasteiger partial charge < -0.3 is 4.90 Å². The van der Waals surface area contributed by atoms with Gasteiger partial charge in [-0.15, -0.1) is 11.8 Å². The van der Waals surface area contributed by atoms with Crippen molar-refractivity contribution in [2.75, 3.05) is 17.2 Å². The molecule has 2 nitrogen and oxygen atoms in total. The van der Waals surface area contributed by atoms with E-state index < -0.39 is 0 Å². The van der Waals surface area contributed by atoms with E-state index in [1.165, 1.54) is 11.1 Å². The van der Waals surface area contributed by atoms with Gasteiger partial charge in [-0.25, -0.2) is 0 Å². The maximum absolute atomic E-state index is 12.4. The zero-order valence-corrected chi connectivity index (χ0v) is 13.0. The molecular formula is C18H19NOS. The van der Waals surface area contributed by atoms with Crippen LogP contribution in [0.1, 0.15) is 23.3 Å². The van der Waals surface area contributed by atoms with Crippen molar-refractivity contribution in [1.29, 1.82) is 0 Å². The van der Waals surface area contributed by atoms with Gasteiger partial charge in [-0.05, 0) is 30.5 Å². The second-order valence-corrected chi connectivity index (χ2v) is 6.62. The van der Waals surface area contributed by atoms with Gasteiger partial charge in [-0.1, -0.05) is 48.5 Å². The predicted molar refractivity (Wildman–Crippen MR) is 89.8 cm³/mol. The Morgan fingerprint density at radius 1 is 1.14 bits per heavy atom. The monoisotopic (exact) mass is 297 g/mol. The first-order valence-corrected chi connectivity index (χ1v) is 8.35. The van der Waals surface area contributed by atoms with Crippen LogP contribution in [0.15, 0.2) is 54.6 Å². The molecule has 1 atom stereocenters. The molecule has 1 aliphatic rings. The van der Waals surface area contributed by atoms with Gasteiger partial charge >= 0.3 is 0 Å². The first-order valence-electron chi connectivity index (χ1n) is 7.30. The normalized spacial score (nSPS) is 14.8. The number of benzene rings is 2. The number of para-hydroxylation sites is 1. The molecule has 0 spiro atoms. The van der Waals surface area contributed by atoms with E-state index in [4.69, 9.17) is 0 Å². The molecule has 2 aromatic rings. The number of hydrogen-bond acceptors (Lipinski definition) is 2. The molecule has 1 amide bonds. The summed E-state index contributed by atoms with van der Waals surface area (Å²) in [4.78, 5) is 14.4. The SMILES string of the molecule is CC(SCC(=O)N1CCc2ccccc21)c1ccccc1. The first kappa shape index (κ1) is 14.2. The third kappa shape index (κ3) is 3.13. The number of anilines is 1. The Bertz CT molecular complexity index is 626. The molecule has 0 aromatic heterocycles. The number of rotatable bonds is 4. The molecule has 0 aliphatic carbocycles. The summed E-state index contributed by atoms with van der Waals surface area (Å²) in [5, 5.41) is 0.341. The lowest BCUT2D eigenvalue weighted by atomic mass is 10.2. The van der Waals surface area contributed by atoms with E-state index in [0.29, 0.717) is 11.0 Å². The fourth-order valence-electron chi connectivity index (χ4n) is 2.69. The summed E-state index contributed by atoms with van der Waals surface area (Å²) in [5.74, 6) is 0.748. The van der Waals surface area contributed by atoms with Crippen molar-refractivity contribution < 1.29 is 4.79 Å². The van der Waals surface area contributed by atoms with E-state index in [2.05, 4.69) is 25.1 Å². The average Bonchev–Trinajstić information content (AvgIpc) is 2.97. The molecule has 108 valence electrons. The van der Waals surface area contributed by atoms with Gasteiger partial charge in [0.05, 0.1) is 5.75 Å². The second-order valence-electron chi connectivity index (χ2n) is 5.29. The summed E-state index contributed by atoms with van der Waals surface area (Å²) in [7, 11) is 0. The van der Waals surface area contributed by atoms with Crippen molar-refractivity contribution in [3.8, 4) is 0 Å². The van der Waals surface area contributed by atoms with Gasteiger partial charge in [0.15, 0.2) is 0 Å². The highest BCUT2D eigenvalue weighted by molar-refractivity contribution is 8.00. The molecule has 0 saturated heterocycles. The van der Waals surface area contributed by atoms with Crippen LogP contribution in [0.2, 0.25) is 0 Å². The molecule has 0 fully saturated rings. The highest BCUT2D eigenvalue weighted by Crippen LogP contribution is 2.31. The third-order valence-corrected chi connectivity index (χ3v) is 5.10. The van der Waals surface area contributed by atoms with Crippen LogP contribution in [0.4, 0.5) is 5.69 Å². The fraction of sp³-hybridized carbons (Fsp3) is 0.278. The molecule has 0 saturated carbocycles. The Hall–Kier alpha value is -1.74. The van der Waals surface area contributed by atoms with Crippen LogP contribution in [-0.4, -0.2) is 18.2 Å². The quantitative estimate of drug-likeness (QED) is 0.848. The number of amides is 1. The topological polar surface area (TPSA) is 20.3 Å². The highest BCUT2D eigenvalue weighted by atomic mass is 32.2. The number of nitrogens with zero attached hydrogens (tertiary/aromatic N) is 1. The number of carbonyl (C=O) groups excluding carboxylic acids is 1. The molecule has 1 unspecified atom stereocenters. The molecule has 3 rings (SSSR count). The maximum Gasteiger partial charge on any atom is 0.237 e. The lowest BCUT2D eigenvalue weighted by Crippen LogP contribution is -2.30. The van der Waals surface area contributed by atoms with Crippen LogP contribution in [0.3, 0.4) is 0 Å². The molecule has 2 aromatic carbocycles.